The van der Waals surface area contributed by atoms with Crippen molar-refractivity contribution in [2.75, 3.05) is 7.11 Å². The van der Waals surface area contributed by atoms with Crippen molar-refractivity contribution in [2.45, 2.75) is 39.3 Å². The van der Waals surface area contributed by atoms with Gasteiger partial charge in [0.1, 0.15) is 11.4 Å². The molecule has 1 amide bonds. The molecule has 5 nitrogen and oxygen atoms in total. The zero-order valence-electron chi connectivity index (χ0n) is 12.5. The minimum Gasteiger partial charge on any atom is -0.496 e. The van der Waals surface area contributed by atoms with E-state index in [1.807, 2.05) is 0 Å². The Morgan fingerprint density at radius 3 is 2.35 bits per heavy atom. The lowest BCUT2D eigenvalue weighted by Gasteiger charge is -2.21. The maximum atomic E-state index is 12.3. The van der Waals surface area contributed by atoms with Gasteiger partial charge in [-0.05, 0) is 39.8 Å². The number of carbonyl (C=O) groups excluding carboxylic acids is 2. The zero-order valence-corrected chi connectivity index (χ0v) is 12.5. The summed E-state index contributed by atoms with van der Waals surface area (Å²) < 4.78 is 10.3. The van der Waals surface area contributed by atoms with E-state index in [-0.39, 0.29) is 5.78 Å². The summed E-state index contributed by atoms with van der Waals surface area (Å²) in [6.45, 7) is 6.90. The average Bonchev–Trinajstić information content (AvgIpc) is 2.35. The van der Waals surface area contributed by atoms with E-state index in [2.05, 4.69) is 5.32 Å². The van der Waals surface area contributed by atoms with Gasteiger partial charge >= 0.3 is 6.09 Å². The summed E-state index contributed by atoms with van der Waals surface area (Å²) in [5.41, 5.74) is -0.171. The second-order valence-electron chi connectivity index (χ2n) is 5.43. The zero-order chi connectivity index (χ0) is 15.3. The average molecular weight is 279 g/mol. The van der Waals surface area contributed by atoms with Crippen LogP contribution in [0.4, 0.5) is 4.79 Å². The maximum Gasteiger partial charge on any atom is 0.408 e. The molecule has 0 aliphatic heterocycles. The Balaban J connectivity index is 2.75. The molecule has 1 rings (SSSR count). The second kappa shape index (κ2) is 6.41. The Morgan fingerprint density at radius 2 is 1.80 bits per heavy atom. The van der Waals surface area contributed by atoms with Gasteiger partial charge in [0.2, 0.25) is 0 Å². The molecule has 110 valence electrons. The third-order valence-electron chi connectivity index (χ3n) is 2.50. The first-order chi connectivity index (χ1) is 9.24. The molecular weight excluding hydrogens is 258 g/mol. The van der Waals surface area contributed by atoms with Crippen LogP contribution in [0.3, 0.4) is 0 Å². The molecule has 0 spiro atoms. The largest absolute Gasteiger partial charge is 0.496 e. The normalized spacial score (nSPS) is 12.4. The molecule has 0 fully saturated rings. The number of methoxy groups -OCH3 is 1. The van der Waals surface area contributed by atoms with E-state index in [4.69, 9.17) is 9.47 Å². The monoisotopic (exact) mass is 279 g/mol. The Morgan fingerprint density at radius 1 is 1.20 bits per heavy atom. The van der Waals surface area contributed by atoms with E-state index >= 15 is 0 Å². The molecule has 0 aliphatic rings. The van der Waals surface area contributed by atoms with Crippen LogP contribution in [-0.4, -0.2) is 30.6 Å². The van der Waals surface area contributed by atoms with Gasteiger partial charge in [0.05, 0.1) is 18.7 Å². The summed E-state index contributed by atoms with van der Waals surface area (Å²) >= 11 is 0. The molecule has 0 aliphatic carbocycles. The number of amides is 1. The quantitative estimate of drug-likeness (QED) is 0.861. The summed E-state index contributed by atoms with van der Waals surface area (Å²) in [5, 5.41) is 2.52. The van der Waals surface area contributed by atoms with Gasteiger partial charge in [-0.3, -0.25) is 4.79 Å². The van der Waals surface area contributed by atoms with E-state index in [1.54, 1.807) is 52.0 Å². The summed E-state index contributed by atoms with van der Waals surface area (Å²) in [4.78, 5) is 23.9. The van der Waals surface area contributed by atoms with Gasteiger partial charge in [0.25, 0.3) is 0 Å². The number of ketones is 1. The van der Waals surface area contributed by atoms with Gasteiger partial charge in [0.15, 0.2) is 5.78 Å². The van der Waals surface area contributed by atoms with E-state index < -0.39 is 17.7 Å². The van der Waals surface area contributed by atoms with Crippen molar-refractivity contribution in [3.63, 3.8) is 0 Å². The van der Waals surface area contributed by atoms with Crippen molar-refractivity contribution in [1.82, 2.24) is 5.32 Å². The van der Waals surface area contributed by atoms with Crippen molar-refractivity contribution >= 4 is 11.9 Å². The molecule has 0 saturated heterocycles. The van der Waals surface area contributed by atoms with Gasteiger partial charge < -0.3 is 14.8 Å². The van der Waals surface area contributed by atoms with E-state index in [0.717, 1.165) is 0 Å². The van der Waals surface area contributed by atoms with Gasteiger partial charge in [-0.2, -0.15) is 0 Å². The van der Waals surface area contributed by atoms with Crippen molar-refractivity contribution in [3.8, 4) is 5.75 Å². The lowest BCUT2D eigenvalue weighted by Crippen LogP contribution is -2.41. The van der Waals surface area contributed by atoms with Crippen molar-refractivity contribution in [3.05, 3.63) is 29.8 Å². The van der Waals surface area contributed by atoms with Crippen LogP contribution in [0.2, 0.25) is 0 Å². The fourth-order valence-electron chi connectivity index (χ4n) is 1.63. The maximum absolute atomic E-state index is 12.3. The minimum atomic E-state index is -0.693. The van der Waals surface area contributed by atoms with E-state index in [0.29, 0.717) is 11.3 Å². The topological polar surface area (TPSA) is 64.6 Å². The number of para-hydroxylation sites is 1. The Bertz CT molecular complexity index is 491. The van der Waals surface area contributed by atoms with Gasteiger partial charge in [-0.25, -0.2) is 4.79 Å². The van der Waals surface area contributed by atoms with Crippen LogP contribution in [0.5, 0.6) is 5.75 Å². The lowest BCUT2D eigenvalue weighted by atomic mass is 10.0. The molecule has 1 atom stereocenters. The van der Waals surface area contributed by atoms with Crippen LogP contribution < -0.4 is 10.1 Å². The minimum absolute atomic E-state index is 0.228. The predicted octanol–water partition coefficient (Wildman–Crippen LogP) is 2.79. The molecular formula is C15H21NO4. The number of hydrogen-bond donors (Lipinski definition) is 1. The Hall–Kier alpha value is -2.04. The first-order valence-corrected chi connectivity index (χ1v) is 6.41. The molecule has 0 aromatic heterocycles. The number of carbonyl (C=O) groups is 2. The highest BCUT2D eigenvalue weighted by atomic mass is 16.6. The molecule has 1 aromatic rings. The van der Waals surface area contributed by atoms with Crippen molar-refractivity contribution < 1.29 is 19.1 Å². The summed E-state index contributed by atoms with van der Waals surface area (Å²) in [6, 6.07) is 6.19. The fraction of sp³-hybridized carbons (Fsp3) is 0.467. The number of rotatable bonds is 4. The highest BCUT2D eigenvalue weighted by Crippen LogP contribution is 2.19. The number of Topliss-reactive ketones (excluding diaryl/α,β-unsaturated/α-hetero) is 1. The SMILES string of the molecule is COc1ccccc1C(=O)[C@@H](C)NC(=O)OC(C)(C)C. The highest BCUT2D eigenvalue weighted by Gasteiger charge is 2.23. The Labute approximate surface area is 119 Å². The molecule has 0 radical (unpaired) electrons. The summed E-state index contributed by atoms with van der Waals surface area (Å²) in [5.74, 6) is 0.253. The first kappa shape index (κ1) is 16.0. The standard InChI is InChI=1S/C15H21NO4/c1-10(16-14(18)20-15(2,3)4)13(17)11-8-6-7-9-12(11)19-5/h6-10H,1-5H3,(H,16,18)/t10-/m1/s1. The van der Waals surface area contributed by atoms with E-state index in [9.17, 15) is 9.59 Å². The van der Waals surface area contributed by atoms with Crippen LogP contribution in [-0.2, 0) is 4.74 Å². The third kappa shape index (κ3) is 4.57. The predicted molar refractivity (Wildman–Crippen MR) is 76.2 cm³/mol. The molecule has 1 N–H and O–H groups in total. The molecule has 5 heteroatoms. The third-order valence-corrected chi connectivity index (χ3v) is 2.50. The van der Waals surface area contributed by atoms with Gasteiger partial charge in [-0.15, -0.1) is 0 Å². The van der Waals surface area contributed by atoms with Crippen LogP contribution in [0.15, 0.2) is 24.3 Å². The Kier molecular flexibility index (Phi) is 5.13. The molecule has 0 saturated carbocycles. The molecule has 1 aromatic carbocycles. The van der Waals surface area contributed by atoms with Crippen LogP contribution >= 0.6 is 0 Å². The molecule has 0 unspecified atom stereocenters. The lowest BCUT2D eigenvalue weighted by molar-refractivity contribution is 0.0496. The fourth-order valence-corrected chi connectivity index (χ4v) is 1.63. The smallest absolute Gasteiger partial charge is 0.408 e. The van der Waals surface area contributed by atoms with Gasteiger partial charge in [-0.1, -0.05) is 12.1 Å². The van der Waals surface area contributed by atoms with Crippen LogP contribution in [0.25, 0.3) is 0 Å². The van der Waals surface area contributed by atoms with Crippen molar-refractivity contribution in [2.24, 2.45) is 0 Å². The number of benzene rings is 1. The highest BCUT2D eigenvalue weighted by molar-refractivity contribution is 6.03. The summed E-state index contributed by atoms with van der Waals surface area (Å²) in [7, 11) is 1.50. The second-order valence-corrected chi connectivity index (χ2v) is 5.43. The number of nitrogens with one attached hydrogen (secondary N) is 1. The van der Waals surface area contributed by atoms with Crippen LogP contribution in [0.1, 0.15) is 38.1 Å². The first-order valence-electron chi connectivity index (χ1n) is 6.41. The molecule has 0 bridgehead atoms. The number of alkyl carbamates (subject to hydrolysis) is 1. The van der Waals surface area contributed by atoms with Crippen LogP contribution in [0, 0.1) is 0 Å². The number of hydrogen-bond acceptors (Lipinski definition) is 4. The summed E-state index contributed by atoms with van der Waals surface area (Å²) in [6.07, 6.45) is -0.617. The van der Waals surface area contributed by atoms with Crippen molar-refractivity contribution in [1.29, 1.82) is 0 Å². The molecule has 0 heterocycles. The number of ether oxygens (including phenoxy) is 2. The van der Waals surface area contributed by atoms with Gasteiger partial charge in [0, 0.05) is 0 Å². The van der Waals surface area contributed by atoms with E-state index in [1.165, 1.54) is 7.11 Å². The molecule has 20 heavy (non-hydrogen) atoms.